The monoisotopic (exact) mass is 518 g/mol. The number of carbonyl (C=O) groups excluding carboxylic acids is 2. The molecule has 1 aliphatic heterocycles. The van der Waals surface area contributed by atoms with Gasteiger partial charge in [-0.2, -0.15) is 4.39 Å². The average molecular weight is 519 g/mol. The molecule has 1 saturated heterocycles. The van der Waals surface area contributed by atoms with Gasteiger partial charge in [0, 0.05) is 47.5 Å². The van der Waals surface area contributed by atoms with E-state index in [4.69, 9.17) is 0 Å². The number of H-pyrrole nitrogens is 1. The number of nitrogens with zero attached hydrogens (tertiary/aromatic N) is 4. The summed E-state index contributed by atoms with van der Waals surface area (Å²) >= 11 is 3.31. The first-order chi connectivity index (χ1) is 15.9. The molecular formula is C22H24BrFN6O3. The van der Waals surface area contributed by atoms with Gasteiger partial charge in [-0.05, 0) is 40.9 Å². The van der Waals surface area contributed by atoms with Crippen LogP contribution in [0.15, 0.2) is 35.3 Å². The van der Waals surface area contributed by atoms with Crippen LogP contribution in [0.4, 0.5) is 4.39 Å². The van der Waals surface area contributed by atoms with Gasteiger partial charge in [-0.3, -0.25) is 14.0 Å². The average Bonchev–Trinajstić information content (AvgIpc) is 3.52. The van der Waals surface area contributed by atoms with Gasteiger partial charge < -0.3 is 20.3 Å². The summed E-state index contributed by atoms with van der Waals surface area (Å²) in [5, 5.41) is 13.3. The Morgan fingerprint density at radius 3 is 2.94 bits per heavy atom. The van der Waals surface area contributed by atoms with Gasteiger partial charge in [0.25, 0.3) is 5.91 Å². The normalized spacial score (nSPS) is 23.5. The molecule has 174 valence electrons. The molecule has 0 aromatic carbocycles. The molecule has 3 N–H and O–H groups in total. The Kier molecular flexibility index (Phi) is 5.92. The van der Waals surface area contributed by atoms with Crippen molar-refractivity contribution in [3.8, 4) is 0 Å². The Morgan fingerprint density at radius 2 is 2.15 bits per heavy atom. The van der Waals surface area contributed by atoms with Crippen molar-refractivity contribution in [3.05, 3.63) is 52.7 Å². The molecule has 0 spiro atoms. The molecule has 9 nitrogen and oxygen atoms in total. The maximum absolute atomic E-state index is 15.1. The fraction of sp³-hybridized carbons (Fsp3) is 0.455. The van der Waals surface area contributed by atoms with Crippen LogP contribution in [-0.4, -0.2) is 65.9 Å². The molecule has 2 aliphatic rings. The molecule has 2 fully saturated rings. The molecule has 11 heteroatoms. The van der Waals surface area contributed by atoms with Crippen molar-refractivity contribution < 1.29 is 19.1 Å². The van der Waals surface area contributed by atoms with Crippen LogP contribution < -0.4 is 5.32 Å². The van der Waals surface area contributed by atoms with Crippen molar-refractivity contribution in [2.45, 2.75) is 50.3 Å². The van der Waals surface area contributed by atoms with Gasteiger partial charge in [0.1, 0.15) is 11.8 Å². The molecule has 0 radical (unpaired) electrons. The zero-order chi connectivity index (χ0) is 23.1. The second kappa shape index (κ2) is 8.86. The topological polar surface area (TPSA) is 116 Å². The Morgan fingerprint density at radius 1 is 1.33 bits per heavy atom. The fourth-order valence-electron chi connectivity index (χ4n) is 5.10. The number of aliphatic hydroxyl groups is 1. The van der Waals surface area contributed by atoms with Crippen LogP contribution in [0.3, 0.4) is 0 Å². The number of fused-ring (bicyclic) bond motifs is 2. The van der Waals surface area contributed by atoms with E-state index in [1.165, 1.54) is 16.9 Å². The third-order valence-corrected chi connectivity index (χ3v) is 7.15. The smallest absolute Gasteiger partial charge is 0.277 e. The predicted molar refractivity (Wildman–Crippen MR) is 120 cm³/mol. The van der Waals surface area contributed by atoms with Gasteiger partial charge in [-0.15, -0.1) is 0 Å². The third kappa shape index (κ3) is 4.15. The fourth-order valence-corrected chi connectivity index (χ4v) is 5.44. The van der Waals surface area contributed by atoms with Gasteiger partial charge in [-0.1, -0.05) is 12.8 Å². The number of aliphatic hydroxyl groups excluding tert-OH is 1. The molecule has 1 saturated carbocycles. The molecule has 3 unspecified atom stereocenters. The summed E-state index contributed by atoms with van der Waals surface area (Å²) in [4.78, 5) is 38.7. The maximum atomic E-state index is 15.1. The number of hydrogen-bond acceptors (Lipinski definition) is 5. The SMILES string of the molecule is O=C(NC1CN(C(=O)c2nc3ccc(Br)cn3c2F)C2CCCCC12)[C@H](O)Cc1cnc[nH]1. The van der Waals surface area contributed by atoms with Crippen molar-refractivity contribution >= 4 is 33.4 Å². The first-order valence-corrected chi connectivity index (χ1v) is 11.8. The molecule has 4 atom stereocenters. The summed E-state index contributed by atoms with van der Waals surface area (Å²) in [6, 6.07) is 2.97. The largest absolute Gasteiger partial charge is 0.383 e. The van der Waals surface area contributed by atoms with Crippen molar-refractivity contribution in [2.75, 3.05) is 6.54 Å². The lowest BCUT2D eigenvalue weighted by molar-refractivity contribution is -0.130. The van der Waals surface area contributed by atoms with Crippen molar-refractivity contribution in [1.29, 1.82) is 0 Å². The summed E-state index contributed by atoms with van der Waals surface area (Å²) in [6.45, 7) is 0.258. The van der Waals surface area contributed by atoms with Crippen LogP contribution in [0.1, 0.15) is 41.9 Å². The number of nitrogens with one attached hydrogen (secondary N) is 2. The van der Waals surface area contributed by atoms with Crippen molar-refractivity contribution in [1.82, 2.24) is 29.6 Å². The van der Waals surface area contributed by atoms with Crippen LogP contribution >= 0.6 is 15.9 Å². The van der Waals surface area contributed by atoms with E-state index in [9.17, 15) is 14.7 Å². The zero-order valence-corrected chi connectivity index (χ0v) is 19.3. The van der Waals surface area contributed by atoms with E-state index in [0.717, 1.165) is 25.7 Å². The molecule has 5 rings (SSSR count). The number of likely N-dealkylation sites (tertiary alicyclic amines) is 1. The van der Waals surface area contributed by atoms with E-state index in [1.54, 1.807) is 23.2 Å². The summed E-state index contributed by atoms with van der Waals surface area (Å²) in [5.41, 5.74) is 0.791. The molecule has 3 aromatic heterocycles. The quantitative estimate of drug-likeness (QED) is 0.478. The lowest BCUT2D eigenvalue weighted by Crippen LogP contribution is -2.46. The Balaban J connectivity index is 1.35. The summed E-state index contributed by atoms with van der Waals surface area (Å²) in [6.07, 6.45) is 7.10. The Hall–Kier alpha value is -2.79. The van der Waals surface area contributed by atoms with E-state index < -0.39 is 23.9 Å². The van der Waals surface area contributed by atoms with Crippen LogP contribution in [0.2, 0.25) is 0 Å². The maximum Gasteiger partial charge on any atom is 0.277 e. The summed E-state index contributed by atoms with van der Waals surface area (Å²) in [7, 11) is 0. The van der Waals surface area contributed by atoms with E-state index in [-0.39, 0.29) is 36.7 Å². The van der Waals surface area contributed by atoms with Crippen molar-refractivity contribution in [2.24, 2.45) is 5.92 Å². The minimum absolute atomic E-state index is 0.0558. The summed E-state index contributed by atoms with van der Waals surface area (Å²) in [5.74, 6) is -1.61. The number of hydrogen-bond donors (Lipinski definition) is 3. The lowest BCUT2D eigenvalue weighted by atomic mass is 9.82. The van der Waals surface area contributed by atoms with E-state index in [1.807, 2.05) is 0 Å². The Labute approximate surface area is 197 Å². The van der Waals surface area contributed by atoms with Gasteiger partial charge in [0.2, 0.25) is 11.9 Å². The number of rotatable bonds is 5. The summed E-state index contributed by atoms with van der Waals surface area (Å²) < 4.78 is 17.0. The number of pyridine rings is 1. The highest BCUT2D eigenvalue weighted by Gasteiger charge is 2.46. The lowest BCUT2D eigenvalue weighted by Gasteiger charge is -2.32. The first kappa shape index (κ1) is 22.0. The molecule has 1 aliphatic carbocycles. The number of halogens is 2. The standard InChI is InChI=1S/C22H24BrFN6O3/c23-12-5-6-18-28-19(20(24)30(18)9-12)22(33)29-10-15(14-3-1-2-4-16(14)29)27-21(32)17(31)7-13-8-25-11-26-13/h5-6,8-9,11,14-17,31H,1-4,7,10H2,(H,25,26)(H,27,32)/t14?,15?,16?,17-/m1/s1. The zero-order valence-electron chi connectivity index (χ0n) is 17.7. The third-order valence-electron chi connectivity index (χ3n) is 6.68. The highest BCUT2D eigenvalue weighted by atomic mass is 79.9. The number of aromatic amines is 1. The minimum Gasteiger partial charge on any atom is -0.383 e. The van der Waals surface area contributed by atoms with E-state index >= 15 is 4.39 Å². The molecule has 3 aromatic rings. The number of aromatic nitrogens is 4. The molecule has 33 heavy (non-hydrogen) atoms. The van der Waals surface area contributed by atoms with E-state index in [0.29, 0.717) is 15.8 Å². The second-order valence-electron chi connectivity index (χ2n) is 8.71. The molecule has 2 amide bonds. The number of imidazole rings is 2. The van der Waals surface area contributed by atoms with Gasteiger partial charge in [0.15, 0.2) is 5.69 Å². The predicted octanol–water partition coefficient (Wildman–Crippen LogP) is 2.06. The van der Waals surface area contributed by atoms with Crippen molar-refractivity contribution in [3.63, 3.8) is 0 Å². The van der Waals surface area contributed by atoms with E-state index in [2.05, 4.69) is 36.2 Å². The van der Waals surface area contributed by atoms with Crippen LogP contribution in [0.5, 0.6) is 0 Å². The second-order valence-corrected chi connectivity index (χ2v) is 9.63. The Bertz CT molecular complexity index is 1180. The first-order valence-electron chi connectivity index (χ1n) is 11.0. The number of amides is 2. The van der Waals surface area contributed by atoms with Crippen LogP contribution in [0.25, 0.3) is 5.65 Å². The molecule has 0 bridgehead atoms. The van der Waals surface area contributed by atoms with Gasteiger partial charge >= 0.3 is 0 Å². The van der Waals surface area contributed by atoms with Crippen LogP contribution in [0, 0.1) is 11.9 Å². The highest BCUT2D eigenvalue weighted by molar-refractivity contribution is 9.10. The highest BCUT2D eigenvalue weighted by Crippen LogP contribution is 2.37. The van der Waals surface area contributed by atoms with Gasteiger partial charge in [0.05, 0.1) is 12.4 Å². The van der Waals surface area contributed by atoms with Crippen LogP contribution in [-0.2, 0) is 11.2 Å². The molecule has 4 heterocycles. The van der Waals surface area contributed by atoms with Gasteiger partial charge in [-0.25, -0.2) is 9.97 Å². The minimum atomic E-state index is -1.23. The molecular weight excluding hydrogens is 495 g/mol. The number of carbonyl (C=O) groups is 2.